The number of fused-ring (bicyclic) bond motifs is 5. The molecule has 0 N–H and O–H groups in total. The summed E-state index contributed by atoms with van der Waals surface area (Å²) in [6.07, 6.45) is 2.33. The molecule has 0 radical (unpaired) electrons. The molecule has 1 heterocycles. The van der Waals surface area contributed by atoms with Crippen LogP contribution in [0.25, 0.3) is 5.69 Å². The molecule has 2 aromatic carbocycles. The third-order valence-electron chi connectivity index (χ3n) is 7.45. The van der Waals surface area contributed by atoms with Gasteiger partial charge >= 0.3 is 5.97 Å². The lowest BCUT2D eigenvalue weighted by Gasteiger charge is -2.35. The number of benzene rings is 2. The van der Waals surface area contributed by atoms with Crippen LogP contribution in [0.2, 0.25) is 0 Å². The van der Waals surface area contributed by atoms with Crippen LogP contribution in [-0.4, -0.2) is 15.7 Å². The molecular weight excluding hydrogens is 360 g/mol. The lowest BCUT2D eigenvalue weighted by atomic mass is 9.70. The molecule has 2 atom stereocenters. The Labute approximate surface area is 171 Å². The highest BCUT2D eigenvalue weighted by molar-refractivity contribution is 5.89. The van der Waals surface area contributed by atoms with Crippen LogP contribution in [-0.2, 0) is 16.8 Å². The highest BCUT2D eigenvalue weighted by Gasteiger charge is 2.62. The third-order valence-corrected chi connectivity index (χ3v) is 7.45. The largest absolute Gasteiger partial charge is 0.455 e. The van der Waals surface area contributed by atoms with Gasteiger partial charge in [0.2, 0.25) is 0 Å². The van der Waals surface area contributed by atoms with Crippen LogP contribution < -0.4 is 0 Å². The number of nitrogens with zero attached hydrogens (tertiary/aromatic N) is 2. The van der Waals surface area contributed by atoms with Crippen LogP contribution in [0.3, 0.4) is 0 Å². The molecule has 0 amide bonds. The molecular formula is C25H26N2O2. The molecule has 4 heteroatoms. The Balaban J connectivity index is 1.56. The smallest absolute Gasteiger partial charge is 0.338 e. The molecule has 148 valence electrons. The standard InChI is InChI=1S/C25H26N2O2/c1-24(2)19-14-15-25(24,3)22-21(19)20(26-27(22)18-12-8-5-9-13-18)16-29-23(28)17-10-6-4-7-11-17/h4-13,19H,14-16H2,1-3H3/t19-,25-/m0/s1. The maximum absolute atomic E-state index is 12.5. The van der Waals surface area contributed by atoms with Crippen molar-refractivity contribution in [1.29, 1.82) is 0 Å². The zero-order valence-electron chi connectivity index (χ0n) is 17.2. The van der Waals surface area contributed by atoms with Gasteiger partial charge in [-0.1, -0.05) is 57.2 Å². The first-order valence-corrected chi connectivity index (χ1v) is 10.3. The van der Waals surface area contributed by atoms with Crippen molar-refractivity contribution in [2.45, 2.75) is 51.6 Å². The summed E-state index contributed by atoms with van der Waals surface area (Å²) < 4.78 is 7.78. The highest BCUT2D eigenvalue weighted by Crippen LogP contribution is 2.68. The summed E-state index contributed by atoms with van der Waals surface area (Å²) in [7, 11) is 0. The van der Waals surface area contributed by atoms with E-state index in [1.54, 1.807) is 12.1 Å². The van der Waals surface area contributed by atoms with Gasteiger partial charge in [0.1, 0.15) is 12.3 Å². The molecule has 0 unspecified atom stereocenters. The van der Waals surface area contributed by atoms with Gasteiger partial charge in [0.05, 0.1) is 16.9 Å². The molecule has 0 spiro atoms. The molecule has 29 heavy (non-hydrogen) atoms. The summed E-state index contributed by atoms with van der Waals surface area (Å²) in [5.41, 5.74) is 5.36. The van der Waals surface area contributed by atoms with E-state index in [4.69, 9.17) is 9.84 Å². The lowest BCUT2D eigenvalue weighted by molar-refractivity contribution is 0.0465. The van der Waals surface area contributed by atoms with Crippen molar-refractivity contribution >= 4 is 5.97 Å². The van der Waals surface area contributed by atoms with Crippen molar-refractivity contribution in [3.63, 3.8) is 0 Å². The van der Waals surface area contributed by atoms with Crippen LogP contribution in [0, 0.1) is 5.41 Å². The maximum atomic E-state index is 12.5. The van der Waals surface area contributed by atoms with Gasteiger partial charge in [-0.15, -0.1) is 0 Å². The summed E-state index contributed by atoms with van der Waals surface area (Å²) in [5.74, 6) is 0.146. The molecule has 0 aliphatic heterocycles. The van der Waals surface area contributed by atoms with E-state index < -0.39 is 0 Å². The van der Waals surface area contributed by atoms with E-state index in [0.29, 0.717) is 11.5 Å². The SMILES string of the molecule is CC1(C)[C@H]2CC[C@@]1(C)c1c2c(COC(=O)c2ccccc2)nn1-c1ccccc1. The Bertz CT molecular complexity index is 1070. The molecule has 2 bridgehead atoms. The van der Waals surface area contributed by atoms with Gasteiger partial charge in [-0.2, -0.15) is 5.10 Å². The first-order valence-electron chi connectivity index (χ1n) is 10.3. The molecule has 2 aliphatic carbocycles. The minimum absolute atomic E-state index is 0.0670. The van der Waals surface area contributed by atoms with E-state index in [2.05, 4.69) is 37.6 Å². The van der Waals surface area contributed by atoms with Gasteiger partial charge < -0.3 is 4.74 Å². The van der Waals surface area contributed by atoms with E-state index in [-0.39, 0.29) is 23.4 Å². The highest BCUT2D eigenvalue weighted by atomic mass is 16.5. The molecule has 4 nitrogen and oxygen atoms in total. The monoisotopic (exact) mass is 386 g/mol. The molecule has 2 aliphatic rings. The zero-order chi connectivity index (χ0) is 20.2. The van der Waals surface area contributed by atoms with Gasteiger partial charge in [-0.3, -0.25) is 0 Å². The Morgan fingerprint density at radius 2 is 1.72 bits per heavy atom. The number of rotatable bonds is 4. The molecule has 3 aromatic rings. The number of hydrogen-bond acceptors (Lipinski definition) is 3. The van der Waals surface area contributed by atoms with Crippen molar-refractivity contribution in [1.82, 2.24) is 9.78 Å². The van der Waals surface area contributed by atoms with Crippen LogP contribution in [0.5, 0.6) is 0 Å². The van der Waals surface area contributed by atoms with E-state index in [0.717, 1.165) is 17.8 Å². The minimum atomic E-state index is -0.303. The normalized spacial score (nSPS) is 23.8. The van der Waals surface area contributed by atoms with Crippen molar-refractivity contribution < 1.29 is 9.53 Å². The van der Waals surface area contributed by atoms with Crippen molar-refractivity contribution in [3.05, 3.63) is 83.2 Å². The topological polar surface area (TPSA) is 44.1 Å². The number of carbonyl (C=O) groups is 1. The van der Waals surface area contributed by atoms with Crippen LogP contribution in [0.15, 0.2) is 60.7 Å². The number of para-hydroxylation sites is 1. The summed E-state index contributed by atoms with van der Waals surface area (Å²) in [6.45, 7) is 7.33. The Morgan fingerprint density at radius 3 is 2.41 bits per heavy atom. The quantitative estimate of drug-likeness (QED) is 0.564. The summed E-state index contributed by atoms with van der Waals surface area (Å²) in [5, 5.41) is 4.96. The first kappa shape index (κ1) is 18.2. The fourth-order valence-electron chi connectivity index (χ4n) is 5.46. The predicted octanol–water partition coefficient (Wildman–Crippen LogP) is 5.40. The fourth-order valence-corrected chi connectivity index (χ4v) is 5.46. The Kier molecular flexibility index (Phi) is 3.95. The van der Waals surface area contributed by atoms with Gasteiger partial charge in [0, 0.05) is 11.0 Å². The minimum Gasteiger partial charge on any atom is -0.455 e. The number of aromatic nitrogens is 2. The van der Waals surface area contributed by atoms with Crippen LogP contribution >= 0.6 is 0 Å². The van der Waals surface area contributed by atoms with E-state index in [1.165, 1.54) is 17.7 Å². The Hall–Kier alpha value is -2.88. The average molecular weight is 386 g/mol. The number of hydrogen-bond donors (Lipinski definition) is 0. The maximum Gasteiger partial charge on any atom is 0.338 e. The molecule has 0 saturated heterocycles. The summed E-state index contributed by atoms with van der Waals surface area (Å²) >= 11 is 0. The van der Waals surface area contributed by atoms with Crippen LogP contribution in [0.4, 0.5) is 0 Å². The van der Waals surface area contributed by atoms with Crippen LogP contribution in [0.1, 0.15) is 66.8 Å². The second-order valence-electron chi connectivity index (χ2n) is 9.04. The first-order chi connectivity index (χ1) is 13.9. The predicted molar refractivity (Wildman–Crippen MR) is 112 cm³/mol. The van der Waals surface area contributed by atoms with E-state index in [9.17, 15) is 4.79 Å². The van der Waals surface area contributed by atoms with Gasteiger partial charge in [-0.05, 0) is 48.4 Å². The third kappa shape index (κ3) is 2.51. The summed E-state index contributed by atoms with van der Waals surface area (Å²) in [6, 6.07) is 19.4. The molecule has 1 fully saturated rings. The summed E-state index contributed by atoms with van der Waals surface area (Å²) in [4.78, 5) is 12.5. The van der Waals surface area contributed by atoms with E-state index in [1.807, 2.05) is 36.4 Å². The van der Waals surface area contributed by atoms with Crippen molar-refractivity contribution in [2.75, 3.05) is 0 Å². The van der Waals surface area contributed by atoms with Gasteiger partial charge in [0.15, 0.2) is 0 Å². The van der Waals surface area contributed by atoms with Gasteiger partial charge in [-0.25, -0.2) is 9.48 Å². The second kappa shape index (κ2) is 6.31. The number of ether oxygens (including phenoxy) is 1. The molecule has 1 saturated carbocycles. The van der Waals surface area contributed by atoms with Crippen molar-refractivity contribution in [2.24, 2.45) is 5.41 Å². The van der Waals surface area contributed by atoms with Gasteiger partial charge in [0.25, 0.3) is 0 Å². The fraction of sp³-hybridized carbons (Fsp3) is 0.360. The van der Waals surface area contributed by atoms with E-state index >= 15 is 0 Å². The number of carbonyl (C=O) groups excluding carboxylic acids is 1. The Morgan fingerprint density at radius 1 is 1.07 bits per heavy atom. The van der Waals surface area contributed by atoms with Crippen molar-refractivity contribution in [3.8, 4) is 5.69 Å². The average Bonchev–Trinajstić information content (AvgIpc) is 3.29. The lowest BCUT2D eigenvalue weighted by Crippen LogP contribution is -2.33. The molecule has 1 aromatic heterocycles. The molecule has 5 rings (SSSR count). The second-order valence-corrected chi connectivity index (χ2v) is 9.04. The number of esters is 1. The zero-order valence-corrected chi connectivity index (χ0v) is 17.2.